The third kappa shape index (κ3) is 5.10. The number of rotatable bonds is 8. The molecule has 0 aliphatic heterocycles. The Kier molecular flexibility index (Phi) is 6.01. The summed E-state index contributed by atoms with van der Waals surface area (Å²) in [6.07, 6.45) is 6.68. The average Bonchev–Trinajstić information content (AvgIpc) is 3.32. The van der Waals surface area contributed by atoms with Gasteiger partial charge in [0.25, 0.3) is 5.91 Å². The van der Waals surface area contributed by atoms with Gasteiger partial charge in [0.05, 0.1) is 22.9 Å². The SMILES string of the molecule is [B]C([B])([B])Oc1cc(-n2cnc3cc(-c4cnn(C)c4)ccc32)cc(OC(F)F)c1C(=O)NC1CC1. The van der Waals surface area contributed by atoms with Gasteiger partial charge in [-0.05, 0) is 35.8 Å². The number of aromatic nitrogens is 4. The summed E-state index contributed by atoms with van der Waals surface area (Å²) >= 11 is 0. The van der Waals surface area contributed by atoms with Gasteiger partial charge < -0.3 is 14.8 Å². The molecule has 2 aromatic heterocycles. The van der Waals surface area contributed by atoms with Crippen molar-refractivity contribution in [1.82, 2.24) is 24.6 Å². The summed E-state index contributed by atoms with van der Waals surface area (Å²) in [4.78, 5) is 17.4. The second-order valence-electron chi connectivity index (χ2n) is 8.62. The highest BCUT2D eigenvalue weighted by Gasteiger charge is 2.30. The van der Waals surface area contributed by atoms with Gasteiger partial charge in [-0.25, -0.2) is 4.98 Å². The van der Waals surface area contributed by atoms with Gasteiger partial charge in [0, 0.05) is 37.0 Å². The van der Waals surface area contributed by atoms with E-state index in [-0.39, 0.29) is 17.4 Å². The molecular weight excluding hydrogens is 465 g/mol. The largest absolute Gasteiger partial charge is 0.515 e. The molecule has 176 valence electrons. The summed E-state index contributed by atoms with van der Waals surface area (Å²) in [5.41, 5.74) is 3.12. The number of ether oxygens (including phenoxy) is 2. The lowest BCUT2D eigenvalue weighted by Crippen LogP contribution is -2.38. The van der Waals surface area contributed by atoms with Crippen molar-refractivity contribution in [1.29, 1.82) is 0 Å². The quantitative estimate of drug-likeness (QED) is 0.390. The van der Waals surface area contributed by atoms with E-state index in [0.717, 1.165) is 24.0 Å². The molecule has 1 saturated carbocycles. The minimum atomic E-state index is -3.21. The topological polar surface area (TPSA) is 83.2 Å². The molecule has 1 fully saturated rings. The van der Waals surface area contributed by atoms with E-state index in [0.29, 0.717) is 16.7 Å². The Hall–Kier alpha value is -3.76. The zero-order valence-electron chi connectivity index (χ0n) is 19.2. The molecule has 4 aromatic rings. The van der Waals surface area contributed by atoms with Crippen LogP contribution in [0.2, 0.25) is 0 Å². The van der Waals surface area contributed by atoms with Gasteiger partial charge in [0.1, 0.15) is 46.9 Å². The Morgan fingerprint density at radius 2 is 1.92 bits per heavy atom. The summed E-state index contributed by atoms with van der Waals surface area (Å²) in [7, 11) is 18.7. The number of halogens is 2. The fourth-order valence-corrected chi connectivity index (χ4v) is 3.85. The second kappa shape index (κ2) is 9.03. The van der Waals surface area contributed by atoms with Crippen LogP contribution in [0.4, 0.5) is 8.78 Å². The number of fused-ring (bicyclic) bond motifs is 1. The van der Waals surface area contributed by atoms with Crippen molar-refractivity contribution < 1.29 is 23.0 Å². The summed E-state index contributed by atoms with van der Waals surface area (Å²) in [5.74, 6) is -1.31. The van der Waals surface area contributed by atoms with Crippen LogP contribution >= 0.6 is 0 Å². The molecule has 5 rings (SSSR count). The number of amides is 1. The minimum absolute atomic E-state index is 0.0607. The molecule has 1 aliphatic carbocycles. The van der Waals surface area contributed by atoms with E-state index in [4.69, 9.17) is 33.0 Å². The molecule has 2 heterocycles. The lowest BCUT2D eigenvalue weighted by Gasteiger charge is -2.26. The van der Waals surface area contributed by atoms with E-state index in [1.165, 1.54) is 18.5 Å². The van der Waals surface area contributed by atoms with Gasteiger partial charge in [-0.1, -0.05) is 6.07 Å². The van der Waals surface area contributed by atoms with Crippen LogP contribution < -0.4 is 14.8 Å². The molecule has 2 aromatic carbocycles. The number of carbonyl (C=O) groups is 1. The van der Waals surface area contributed by atoms with Crippen LogP contribution in [0.1, 0.15) is 23.2 Å². The normalized spacial score (nSPS) is 13.8. The number of imidazole rings is 1. The van der Waals surface area contributed by atoms with Crippen molar-refractivity contribution in [2.75, 3.05) is 0 Å². The highest BCUT2D eigenvalue weighted by Crippen LogP contribution is 2.36. The lowest BCUT2D eigenvalue weighted by molar-refractivity contribution is -0.0502. The first-order valence-corrected chi connectivity index (χ1v) is 11.0. The predicted molar refractivity (Wildman–Crippen MR) is 131 cm³/mol. The van der Waals surface area contributed by atoms with Crippen molar-refractivity contribution in [3.05, 3.63) is 54.6 Å². The molecule has 1 aliphatic rings. The fraction of sp³-hybridized carbons (Fsp3) is 0.261. The molecule has 1 N–H and O–H groups in total. The third-order valence-electron chi connectivity index (χ3n) is 5.56. The lowest BCUT2D eigenvalue weighted by atomic mass is 9.52. The minimum Gasteiger partial charge on any atom is -0.515 e. The molecule has 1 amide bonds. The van der Waals surface area contributed by atoms with Crippen molar-refractivity contribution in [3.8, 4) is 28.3 Å². The maximum absolute atomic E-state index is 13.3. The zero-order valence-corrected chi connectivity index (χ0v) is 19.2. The van der Waals surface area contributed by atoms with Crippen LogP contribution in [-0.4, -0.2) is 66.7 Å². The van der Waals surface area contributed by atoms with E-state index in [1.54, 1.807) is 15.4 Å². The Morgan fingerprint density at radius 1 is 1.17 bits per heavy atom. The number of alkyl halides is 2. The van der Waals surface area contributed by atoms with Gasteiger partial charge in [0.2, 0.25) is 0 Å². The average molecular weight is 483 g/mol. The number of aryl methyl sites for hydroxylation is 1. The number of nitrogens with one attached hydrogen (secondary N) is 1. The Balaban J connectivity index is 1.62. The van der Waals surface area contributed by atoms with E-state index in [2.05, 4.69) is 15.4 Å². The van der Waals surface area contributed by atoms with Crippen LogP contribution in [0.25, 0.3) is 27.8 Å². The van der Waals surface area contributed by atoms with Crippen LogP contribution in [0, 0.1) is 0 Å². The molecule has 0 atom stereocenters. The fourth-order valence-electron chi connectivity index (χ4n) is 3.85. The van der Waals surface area contributed by atoms with E-state index < -0.39 is 23.6 Å². The molecule has 13 heteroatoms. The molecule has 0 saturated heterocycles. The first-order chi connectivity index (χ1) is 17.1. The monoisotopic (exact) mass is 483 g/mol. The smallest absolute Gasteiger partial charge is 0.387 e. The first-order valence-electron chi connectivity index (χ1n) is 11.0. The molecule has 0 unspecified atom stereocenters. The maximum atomic E-state index is 13.3. The van der Waals surface area contributed by atoms with Gasteiger partial charge in [0.15, 0.2) is 0 Å². The molecule has 0 spiro atoms. The first kappa shape index (κ1) is 24.0. The van der Waals surface area contributed by atoms with Crippen molar-refractivity contribution in [2.24, 2.45) is 7.05 Å². The molecule has 36 heavy (non-hydrogen) atoms. The predicted octanol–water partition coefficient (Wildman–Crippen LogP) is 2.42. The third-order valence-corrected chi connectivity index (χ3v) is 5.56. The Morgan fingerprint density at radius 3 is 2.56 bits per heavy atom. The maximum Gasteiger partial charge on any atom is 0.387 e. The van der Waals surface area contributed by atoms with Gasteiger partial charge in [-0.3, -0.25) is 14.0 Å². The number of hydrogen-bond acceptors (Lipinski definition) is 5. The van der Waals surface area contributed by atoms with E-state index >= 15 is 0 Å². The van der Waals surface area contributed by atoms with Gasteiger partial charge in [-0.2, -0.15) is 13.9 Å². The Labute approximate surface area is 209 Å². The second-order valence-corrected chi connectivity index (χ2v) is 8.62. The molecule has 0 bridgehead atoms. The summed E-state index contributed by atoms with van der Waals surface area (Å²) in [6.45, 7) is -3.21. The van der Waals surface area contributed by atoms with Crippen molar-refractivity contribution >= 4 is 40.5 Å². The molecular formula is C23H18B3F2N5O3. The zero-order chi connectivity index (χ0) is 25.6. The van der Waals surface area contributed by atoms with Crippen molar-refractivity contribution in [3.63, 3.8) is 0 Å². The number of carbonyl (C=O) groups excluding carboxylic acids is 1. The molecule has 6 radical (unpaired) electrons. The highest BCUT2D eigenvalue weighted by molar-refractivity contribution is 6.58. The van der Waals surface area contributed by atoms with Crippen LogP contribution in [0.5, 0.6) is 11.5 Å². The summed E-state index contributed by atoms with van der Waals surface area (Å²) in [6, 6.07) is 8.23. The highest BCUT2D eigenvalue weighted by atomic mass is 19.3. The number of hydrogen-bond donors (Lipinski definition) is 1. The number of nitrogens with zero attached hydrogens (tertiary/aromatic N) is 4. The van der Waals surface area contributed by atoms with Gasteiger partial charge in [-0.15, -0.1) is 0 Å². The summed E-state index contributed by atoms with van der Waals surface area (Å²) in [5, 5.41) is 4.72. The Bertz CT molecular complexity index is 1450. The van der Waals surface area contributed by atoms with Crippen LogP contribution in [-0.2, 0) is 7.05 Å². The van der Waals surface area contributed by atoms with E-state index in [9.17, 15) is 13.6 Å². The summed E-state index contributed by atoms with van der Waals surface area (Å²) < 4.78 is 40.1. The standard InChI is InChI=1S/C23H18B3F2N5O3/c1-32-10-13(9-30-32)12-2-5-17-16(6-12)29-11-33(17)15-7-18(35-22(27)28)20(21(34)31-14-3-4-14)19(8-15)36-23(24,25)26/h2,5-11,14,22H,3-4H2,1H3,(H,31,34). The van der Waals surface area contributed by atoms with E-state index in [1.807, 2.05) is 31.4 Å². The number of benzene rings is 2. The molecule has 8 nitrogen and oxygen atoms in total. The van der Waals surface area contributed by atoms with Crippen LogP contribution in [0.3, 0.4) is 0 Å². The van der Waals surface area contributed by atoms with Crippen LogP contribution in [0.15, 0.2) is 49.1 Å². The van der Waals surface area contributed by atoms with Gasteiger partial charge >= 0.3 is 6.61 Å². The van der Waals surface area contributed by atoms with Crippen molar-refractivity contribution in [2.45, 2.75) is 30.8 Å².